The van der Waals surface area contributed by atoms with E-state index in [1.807, 2.05) is 12.1 Å². The number of nitrogens with one attached hydrogen (secondary N) is 1. The Bertz CT molecular complexity index is 403. The van der Waals surface area contributed by atoms with E-state index in [9.17, 15) is 0 Å². The highest BCUT2D eigenvalue weighted by Gasteiger charge is 2.14. The van der Waals surface area contributed by atoms with E-state index in [1.165, 1.54) is 18.4 Å². The summed E-state index contributed by atoms with van der Waals surface area (Å²) in [5, 5.41) is 3.44. The van der Waals surface area contributed by atoms with Gasteiger partial charge in [0, 0.05) is 19.7 Å². The molecule has 0 amide bonds. The minimum absolute atomic E-state index is 0.379. The summed E-state index contributed by atoms with van der Waals surface area (Å²) < 4.78 is 16.6. The molecule has 0 radical (unpaired) electrons. The highest BCUT2D eigenvalue weighted by Crippen LogP contribution is 2.28. The van der Waals surface area contributed by atoms with Crippen molar-refractivity contribution in [1.82, 2.24) is 5.32 Å². The van der Waals surface area contributed by atoms with Gasteiger partial charge in [-0.2, -0.15) is 0 Å². The molecule has 0 saturated carbocycles. The van der Waals surface area contributed by atoms with Gasteiger partial charge in [0.15, 0.2) is 11.5 Å². The second-order valence-electron chi connectivity index (χ2n) is 5.10. The Balaban J connectivity index is 1.84. The lowest BCUT2D eigenvalue weighted by atomic mass is 10.2. The molecule has 1 saturated heterocycles. The molecule has 4 heteroatoms. The predicted molar refractivity (Wildman–Crippen MR) is 79.5 cm³/mol. The van der Waals surface area contributed by atoms with E-state index >= 15 is 0 Å². The molecule has 1 N–H and O–H groups in total. The van der Waals surface area contributed by atoms with Crippen molar-refractivity contribution in [3.63, 3.8) is 0 Å². The smallest absolute Gasteiger partial charge is 0.161 e. The summed E-state index contributed by atoms with van der Waals surface area (Å²) in [5.41, 5.74) is 1.20. The summed E-state index contributed by atoms with van der Waals surface area (Å²) in [5.74, 6) is 1.62. The summed E-state index contributed by atoms with van der Waals surface area (Å²) in [6.07, 6.45) is 3.72. The first kappa shape index (κ1) is 15.1. The van der Waals surface area contributed by atoms with Gasteiger partial charge in [-0.15, -0.1) is 0 Å². The Morgan fingerprint density at radius 1 is 1.35 bits per heavy atom. The van der Waals surface area contributed by atoms with Crippen molar-refractivity contribution in [3.8, 4) is 11.5 Å². The Labute approximate surface area is 121 Å². The number of rotatable bonds is 8. The van der Waals surface area contributed by atoms with Crippen LogP contribution >= 0.6 is 0 Å². The zero-order chi connectivity index (χ0) is 14.2. The van der Waals surface area contributed by atoms with Crippen molar-refractivity contribution in [2.24, 2.45) is 0 Å². The fourth-order valence-electron chi connectivity index (χ4n) is 2.34. The first-order chi connectivity index (χ1) is 9.83. The van der Waals surface area contributed by atoms with E-state index in [0.29, 0.717) is 12.7 Å². The van der Waals surface area contributed by atoms with Gasteiger partial charge < -0.3 is 19.5 Å². The summed E-state index contributed by atoms with van der Waals surface area (Å²) >= 11 is 0. The average molecular weight is 279 g/mol. The van der Waals surface area contributed by atoms with Gasteiger partial charge >= 0.3 is 0 Å². The average Bonchev–Trinajstić information content (AvgIpc) is 2.99. The SMILES string of the molecule is CCCOc1ccc(CNCC2CCCO2)cc1OC. The molecule has 1 atom stereocenters. The molecule has 1 aliphatic rings. The molecule has 20 heavy (non-hydrogen) atoms. The van der Waals surface area contributed by atoms with Crippen molar-refractivity contribution in [1.29, 1.82) is 0 Å². The van der Waals surface area contributed by atoms with E-state index in [1.54, 1.807) is 7.11 Å². The predicted octanol–water partition coefficient (Wildman–Crippen LogP) is 2.75. The van der Waals surface area contributed by atoms with Crippen LogP contribution in [0.1, 0.15) is 31.7 Å². The first-order valence-corrected chi connectivity index (χ1v) is 7.45. The maximum Gasteiger partial charge on any atom is 0.161 e. The van der Waals surface area contributed by atoms with Crippen LogP contribution in [0.3, 0.4) is 0 Å². The van der Waals surface area contributed by atoms with E-state index in [2.05, 4.69) is 18.3 Å². The van der Waals surface area contributed by atoms with Crippen LogP contribution in [-0.4, -0.2) is 33.0 Å². The van der Waals surface area contributed by atoms with E-state index < -0.39 is 0 Å². The number of methoxy groups -OCH3 is 1. The lowest BCUT2D eigenvalue weighted by Gasteiger charge is -2.13. The van der Waals surface area contributed by atoms with Crippen LogP contribution in [0.4, 0.5) is 0 Å². The highest BCUT2D eigenvalue weighted by molar-refractivity contribution is 5.42. The zero-order valence-electron chi connectivity index (χ0n) is 12.5. The summed E-state index contributed by atoms with van der Waals surface area (Å²) in [6, 6.07) is 6.10. The zero-order valence-corrected chi connectivity index (χ0v) is 12.5. The quantitative estimate of drug-likeness (QED) is 0.794. The molecule has 0 aromatic heterocycles. The monoisotopic (exact) mass is 279 g/mol. The van der Waals surface area contributed by atoms with Gasteiger partial charge in [0.2, 0.25) is 0 Å². The molecule has 1 aromatic rings. The van der Waals surface area contributed by atoms with E-state index in [4.69, 9.17) is 14.2 Å². The van der Waals surface area contributed by atoms with Crippen LogP contribution in [0.5, 0.6) is 11.5 Å². The number of hydrogen-bond donors (Lipinski definition) is 1. The van der Waals surface area contributed by atoms with Gasteiger partial charge in [0.05, 0.1) is 19.8 Å². The van der Waals surface area contributed by atoms with Crippen LogP contribution in [0.15, 0.2) is 18.2 Å². The van der Waals surface area contributed by atoms with E-state index in [-0.39, 0.29) is 0 Å². The number of benzene rings is 1. The van der Waals surface area contributed by atoms with Crippen LogP contribution in [0.25, 0.3) is 0 Å². The molecule has 1 heterocycles. The molecule has 0 bridgehead atoms. The van der Waals surface area contributed by atoms with Gasteiger partial charge in [-0.3, -0.25) is 0 Å². The normalized spacial score (nSPS) is 18.2. The second-order valence-corrected chi connectivity index (χ2v) is 5.10. The van der Waals surface area contributed by atoms with Gasteiger partial charge in [-0.05, 0) is 37.0 Å². The second kappa shape index (κ2) is 8.12. The minimum atomic E-state index is 0.379. The molecule has 1 fully saturated rings. The molecule has 0 spiro atoms. The molecule has 1 unspecified atom stereocenters. The van der Waals surface area contributed by atoms with E-state index in [0.717, 1.165) is 37.6 Å². The Kier molecular flexibility index (Phi) is 6.15. The van der Waals surface area contributed by atoms with Crippen molar-refractivity contribution in [3.05, 3.63) is 23.8 Å². The standard InChI is InChI=1S/C16H25NO3/c1-3-8-20-15-7-6-13(10-16(15)18-2)11-17-12-14-5-4-9-19-14/h6-7,10,14,17H,3-5,8-9,11-12H2,1-2H3. The minimum Gasteiger partial charge on any atom is -0.493 e. The lowest BCUT2D eigenvalue weighted by Crippen LogP contribution is -2.25. The summed E-state index contributed by atoms with van der Waals surface area (Å²) in [4.78, 5) is 0. The maximum atomic E-state index is 5.65. The van der Waals surface area contributed by atoms with Crippen molar-refractivity contribution in [2.75, 3.05) is 26.9 Å². The maximum absolute atomic E-state index is 5.65. The third-order valence-electron chi connectivity index (χ3n) is 3.41. The van der Waals surface area contributed by atoms with Crippen molar-refractivity contribution < 1.29 is 14.2 Å². The van der Waals surface area contributed by atoms with Crippen LogP contribution < -0.4 is 14.8 Å². The van der Waals surface area contributed by atoms with Gasteiger partial charge in [-0.25, -0.2) is 0 Å². The third-order valence-corrected chi connectivity index (χ3v) is 3.41. The van der Waals surface area contributed by atoms with Crippen molar-refractivity contribution >= 4 is 0 Å². The third kappa shape index (κ3) is 4.39. The molecule has 112 valence electrons. The summed E-state index contributed by atoms with van der Waals surface area (Å²) in [6.45, 7) is 5.45. The molecule has 0 aliphatic carbocycles. The Morgan fingerprint density at radius 2 is 2.25 bits per heavy atom. The molecular formula is C16H25NO3. The molecule has 1 aliphatic heterocycles. The van der Waals surface area contributed by atoms with Crippen LogP contribution in [-0.2, 0) is 11.3 Å². The van der Waals surface area contributed by atoms with Crippen molar-refractivity contribution in [2.45, 2.75) is 38.8 Å². The van der Waals surface area contributed by atoms with Gasteiger partial charge in [0.1, 0.15) is 0 Å². The lowest BCUT2D eigenvalue weighted by molar-refractivity contribution is 0.110. The fourth-order valence-corrected chi connectivity index (χ4v) is 2.34. The highest BCUT2D eigenvalue weighted by atomic mass is 16.5. The van der Waals surface area contributed by atoms with Gasteiger partial charge in [0.25, 0.3) is 0 Å². The number of ether oxygens (including phenoxy) is 3. The van der Waals surface area contributed by atoms with Gasteiger partial charge in [-0.1, -0.05) is 13.0 Å². The molecule has 2 rings (SSSR count). The molecular weight excluding hydrogens is 254 g/mol. The topological polar surface area (TPSA) is 39.7 Å². The molecule has 4 nitrogen and oxygen atoms in total. The molecule has 1 aromatic carbocycles. The van der Waals surface area contributed by atoms with Crippen LogP contribution in [0.2, 0.25) is 0 Å². The largest absolute Gasteiger partial charge is 0.493 e. The Morgan fingerprint density at radius 3 is 2.95 bits per heavy atom. The van der Waals surface area contributed by atoms with Crippen LogP contribution in [0, 0.1) is 0 Å². The summed E-state index contributed by atoms with van der Waals surface area (Å²) in [7, 11) is 1.68. The fraction of sp³-hybridized carbons (Fsp3) is 0.625. The number of hydrogen-bond acceptors (Lipinski definition) is 4. The Hall–Kier alpha value is -1.26. The first-order valence-electron chi connectivity index (χ1n) is 7.45.